The van der Waals surface area contributed by atoms with Crippen LogP contribution in [0.1, 0.15) is 5.01 Å². The van der Waals surface area contributed by atoms with Crippen LogP contribution in [-0.2, 0) is 11.0 Å². The number of carboxylic acid groups (broad SMARTS) is 1. The SMILES string of the molecule is O=C(O)CSc1nnc(C(F)(F)F)s1. The maximum atomic E-state index is 12.0. The minimum absolute atomic E-state index is 0.000255. The fourth-order valence-electron chi connectivity index (χ4n) is 0.506. The predicted molar refractivity (Wildman–Crippen MR) is 43.3 cm³/mol. The van der Waals surface area contributed by atoms with E-state index in [-0.39, 0.29) is 10.1 Å². The number of rotatable bonds is 3. The molecule has 1 aromatic heterocycles. The molecule has 0 aromatic carbocycles. The van der Waals surface area contributed by atoms with Crippen LogP contribution in [0.2, 0.25) is 0 Å². The summed E-state index contributed by atoms with van der Waals surface area (Å²) in [5, 5.41) is 13.3. The molecule has 4 nitrogen and oxygen atoms in total. The highest BCUT2D eigenvalue weighted by molar-refractivity contribution is 8.01. The third-order valence-electron chi connectivity index (χ3n) is 0.968. The molecule has 1 rings (SSSR count). The second-order valence-electron chi connectivity index (χ2n) is 2.05. The van der Waals surface area contributed by atoms with Gasteiger partial charge in [0, 0.05) is 0 Å². The molecule has 1 heterocycles. The first-order valence-corrected chi connectivity index (χ1v) is 4.95. The van der Waals surface area contributed by atoms with Crippen molar-refractivity contribution in [2.24, 2.45) is 0 Å². The molecule has 78 valence electrons. The molecule has 14 heavy (non-hydrogen) atoms. The van der Waals surface area contributed by atoms with Gasteiger partial charge in [-0.2, -0.15) is 13.2 Å². The predicted octanol–water partition coefficient (Wildman–Crippen LogP) is 1.73. The highest BCUT2D eigenvalue weighted by atomic mass is 32.2. The molecule has 0 spiro atoms. The molecule has 0 radical (unpaired) electrons. The Balaban J connectivity index is 2.64. The van der Waals surface area contributed by atoms with Crippen LogP contribution in [0.25, 0.3) is 0 Å². The summed E-state index contributed by atoms with van der Waals surface area (Å²) in [7, 11) is 0. The third-order valence-corrected chi connectivity index (χ3v) is 3.05. The summed E-state index contributed by atoms with van der Waals surface area (Å²) < 4.78 is 35.9. The first kappa shape index (κ1) is 11.2. The average molecular weight is 244 g/mol. The lowest BCUT2D eigenvalue weighted by Crippen LogP contribution is -2.03. The average Bonchev–Trinajstić information content (AvgIpc) is 2.47. The summed E-state index contributed by atoms with van der Waals surface area (Å²) in [6.07, 6.45) is -4.51. The van der Waals surface area contributed by atoms with Crippen LogP contribution in [0.3, 0.4) is 0 Å². The lowest BCUT2D eigenvalue weighted by atomic mass is 10.7. The smallest absolute Gasteiger partial charge is 0.445 e. The van der Waals surface area contributed by atoms with Gasteiger partial charge in [0.1, 0.15) is 0 Å². The van der Waals surface area contributed by atoms with Gasteiger partial charge in [-0.05, 0) is 0 Å². The molecule has 0 atom stereocenters. The lowest BCUT2D eigenvalue weighted by molar-refractivity contribution is -0.138. The van der Waals surface area contributed by atoms with Crippen molar-refractivity contribution < 1.29 is 23.1 Å². The molecule has 1 aromatic rings. The van der Waals surface area contributed by atoms with Crippen molar-refractivity contribution in [1.29, 1.82) is 0 Å². The fraction of sp³-hybridized carbons (Fsp3) is 0.400. The molecule has 0 aliphatic heterocycles. The topological polar surface area (TPSA) is 63.1 Å². The molecular weight excluding hydrogens is 241 g/mol. The van der Waals surface area contributed by atoms with Crippen LogP contribution in [0.15, 0.2) is 4.34 Å². The maximum Gasteiger partial charge on any atom is 0.445 e. The van der Waals surface area contributed by atoms with Crippen molar-refractivity contribution in [3.05, 3.63) is 5.01 Å². The van der Waals surface area contributed by atoms with Gasteiger partial charge in [0.25, 0.3) is 0 Å². The maximum absolute atomic E-state index is 12.0. The van der Waals surface area contributed by atoms with Gasteiger partial charge in [0.05, 0.1) is 5.75 Å². The second-order valence-corrected chi connectivity index (χ2v) is 4.25. The molecule has 0 fully saturated rings. The Hall–Kier alpha value is -0.830. The summed E-state index contributed by atoms with van der Waals surface area (Å²) in [5.74, 6) is -1.44. The van der Waals surface area contributed by atoms with Gasteiger partial charge in [-0.25, -0.2) is 0 Å². The molecule has 0 bridgehead atoms. The second kappa shape index (κ2) is 4.13. The van der Waals surface area contributed by atoms with Gasteiger partial charge in [-0.3, -0.25) is 4.79 Å². The van der Waals surface area contributed by atoms with E-state index >= 15 is 0 Å². The van der Waals surface area contributed by atoms with Gasteiger partial charge in [-0.15, -0.1) is 10.2 Å². The van der Waals surface area contributed by atoms with E-state index in [0.29, 0.717) is 23.1 Å². The van der Waals surface area contributed by atoms with Crippen LogP contribution in [0, 0.1) is 0 Å². The first-order chi connectivity index (χ1) is 6.39. The molecule has 0 amide bonds. The number of carboxylic acids is 1. The highest BCUT2D eigenvalue weighted by Crippen LogP contribution is 2.34. The van der Waals surface area contributed by atoms with Gasteiger partial charge < -0.3 is 5.11 Å². The Bertz CT molecular complexity index is 338. The van der Waals surface area contributed by atoms with Crippen LogP contribution < -0.4 is 0 Å². The van der Waals surface area contributed by atoms with E-state index in [1.807, 2.05) is 0 Å². The molecule has 0 saturated heterocycles. The Kier molecular flexibility index (Phi) is 3.32. The lowest BCUT2D eigenvalue weighted by Gasteiger charge is -1.97. The van der Waals surface area contributed by atoms with E-state index in [1.165, 1.54) is 0 Å². The summed E-state index contributed by atoms with van der Waals surface area (Å²) in [6, 6.07) is 0. The van der Waals surface area contributed by atoms with E-state index in [2.05, 4.69) is 10.2 Å². The number of aliphatic carboxylic acids is 1. The van der Waals surface area contributed by atoms with Crippen LogP contribution in [0.4, 0.5) is 13.2 Å². The van der Waals surface area contributed by atoms with Crippen LogP contribution in [0.5, 0.6) is 0 Å². The molecular formula is C5H3F3N2O2S2. The van der Waals surface area contributed by atoms with Crippen molar-refractivity contribution in [2.75, 3.05) is 5.75 Å². The summed E-state index contributed by atoms with van der Waals surface area (Å²) in [5.41, 5.74) is 0. The number of hydrogen-bond donors (Lipinski definition) is 1. The zero-order valence-corrected chi connectivity index (χ0v) is 8.04. The largest absolute Gasteiger partial charge is 0.481 e. The molecule has 9 heteroatoms. The monoisotopic (exact) mass is 244 g/mol. The zero-order valence-electron chi connectivity index (χ0n) is 6.41. The van der Waals surface area contributed by atoms with E-state index < -0.39 is 17.2 Å². The van der Waals surface area contributed by atoms with Crippen molar-refractivity contribution in [1.82, 2.24) is 10.2 Å². The molecule has 0 unspecified atom stereocenters. The van der Waals surface area contributed by atoms with Gasteiger partial charge in [0.15, 0.2) is 4.34 Å². The fourth-order valence-corrected chi connectivity index (χ4v) is 1.95. The number of carbonyl (C=O) groups is 1. The summed E-state index contributed by atoms with van der Waals surface area (Å²) >= 11 is 1.05. The van der Waals surface area contributed by atoms with E-state index in [4.69, 9.17) is 5.11 Å². The van der Waals surface area contributed by atoms with Crippen LogP contribution in [-0.4, -0.2) is 27.0 Å². The number of halogens is 3. The van der Waals surface area contributed by atoms with Gasteiger partial charge in [0.2, 0.25) is 5.01 Å². The van der Waals surface area contributed by atoms with Crippen molar-refractivity contribution >= 4 is 29.1 Å². The van der Waals surface area contributed by atoms with Crippen LogP contribution >= 0.6 is 23.1 Å². The summed E-state index contributed by atoms with van der Waals surface area (Å²) in [6.45, 7) is 0. The van der Waals surface area contributed by atoms with Crippen molar-refractivity contribution in [3.63, 3.8) is 0 Å². The number of thioether (sulfide) groups is 1. The Morgan fingerprint density at radius 2 is 2.14 bits per heavy atom. The normalized spacial score (nSPS) is 11.6. The zero-order chi connectivity index (χ0) is 10.8. The minimum atomic E-state index is -4.51. The van der Waals surface area contributed by atoms with Gasteiger partial charge >= 0.3 is 12.1 Å². The Morgan fingerprint density at radius 1 is 1.50 bits per heavy atom. The van der Waals surface area contributed by atoms with Crippen molar-refractivity contribution in [3.8, 4) is 0 Å². The van der Waals surface area contributed by atoms with E-state index in [9.17, 15) is 18.0 Å². The highest BCUT2D eigenvalue weighted by Gasteiger charge is 2.35. The molecule has 1 N–H and O–H groups in total. The third kappa shape index (κ3) is 3.14. The van der Waals surface area contributed by atoms with Crippen molar-refractivity contribution in [2.45, 2.75) is 10.5 Å². The number of alkyl halides is 3. The minimum Gasteiger partial charge on any atom is -0.481 e. The van der Waals surface area contributed by atoms with E-state index in [1.54, 1.807) is 0 Å². The Labute approximate surface area is 84.1 Å². The first-order valence-electron chi connectivity index (χ1n) is 3.15. The van der Waals surface area contributed by atoms with E-state index in [0.717, 1.165) is 0 Å². The molecule has 0 saturated carbocycles. The molecule has 0 aliphatic carbocycles. The Morgan fingerprint density at radius 3 is 2.57 bits per heavy atom. The summed E-state index contributed by atoms with van der Waals surface area (Å²) in [4.78, 5) is 10.1. The number of aromatic nitrogens is 2. The number of hydrogen-bond acceptors (Lipinski definition) is 5. The van der Waals surface area contributed by atoms with Gasteiger partial charge in [-0.1, -0.05) is 23.1 Å². The standard InChI is InChI=1S/C5H3F3N2O2S2/c6-5(7,8)3-9-10-4(14-3)13-1-2(11)12/h1H2,(H,11,12). The molecule has 0 aliphatic rings. The number of nitrogens with zero attached hydrogens (tertiary/aromatic N) is 2. The quantitative estimate of drug-likeness (QED) is 0.820.